The average molecular weight is 342 g/mol. The van der Waals surface area contributed by atoms with Crippen LogP contribution in [-0.4, -0.2) is 63.2 Å². The van der Waals surface area contributed by atoms with E-state index in [1.807, 2.05) is 12.4 Å². The maximum Gasteiger partial charge on any atom is 0.305 e. The van der Waals surface area contributed by atoms with Gasteiger partial charge in [-0.05, 0) is 12.5 Å². The Balaban J connectivity index is 2.03. The predicted octanol–water partition coefficient (Wildman–Crippen LogP) is -0.156. The van der Waals surface area contributed by atoms with Gasteiger partial charge >= 0.3 is 5.97 Å². The lowest BCUT2D eigenvalue weighted by atomic mass is 10.1. The van der Waals surface area contributed by atoms with Gasteiger partial charge in [-0.1, -0.05) is 19.9 Å². The zero-order chi connectivity index (χ0) is 18.6. The Labute approximate surface area is 141 Å². The number of nitrogens with zero attached hydrogens (tertiary/aromatic N) is 2. The summed E-state index contributed by atoms with van der Waals surface area (Å²) in [7, 11) is 0. The van der Waals surface area contributed by atoms with Crippen LogP contribution in [0, 0.1) is 0 Å². The van der Waals surface area contributed by atoms with Crippen LogP contribution in [-0.2, 0) is 14.3 Å². The van der Waals surface area contributed by atoms with Crippen LogP contribution in [0.4, 0.5) is 0 Å². The van der Waals surface area contributed by atoms with Gasteiger partial charge in [-0.25, -0.2) is 4.99 Å². The Hall–Kier alpha value is -1.94. The monoisotopic (exact) mass is 342 g/mol. The molecule has 0 aromatic carbocycles. The fourth-order valence-corrected chi connectivity index (χ4v) is 2.27. The summed E-state index contributed by atoms with van der Waals surface area (Å²) >= 11 is 0. The summed E-state index contributed by atoms with van der Waals surface area (Å²) in [6, 6.07) is 0. The quantitative estimate of drug-likeness (QED) is 0.388. The van der Waals surface area contributed by atoms with Gasteiger partial charge in [0.15, 0.2) is 12.0 Å². The molecule has 0 aliphatic carbocycles. The maximum absolute atomic E-state index is 11.6. The maximum atomic E-state index is 11.6. The Morgan fingerprint density at radius 2 is 2.33 bits per heavy atom. The minimum Gasteiger partial charge on any atom is -0.463 e. The van der Waals surface area contributed by atoms with Crippen molar-refractivity contribution in [2.24, 2.45) is 4.99 Å². The van der Waals surface area contributed by atoms with Crippen LogP contribution in [0.5, 0.6) is 0 Å². The van der Waals surface area contributed by atoms with E-state index in [1.165, 1.54) is 12.3 Å². The third-order valence-electron chi connectivity index (χ3n) is 3.63. The molecule has 2 aliphatic heterocycles. The second kappa shape index (κ2) is 8.25. The molecule has 0 amide bonds. The number of ether oxygens (including phenoxy) is 2. The summed E-state index contributed by atoms with van der Waals surface area (Å²) in [4.78, 5) is 16.6. The molecule has 9 heteroatoms. The zero-order valence-corrected chi connectivity index (χ0v) is 13.4. The first-order valence-corrected chi connectivity index (χ1v) is 7.68. The molecule has 1 saturated heterocycles. The number of hydrogen-bond donors (Lipinski definition) is 4. The number of aliphatic hydroxyl groups is 2. The van der Waals surface area contributed by atoms with Gasteiger partial charge in [-0.3, -0.25) is 15.5 Å². The van der Waals surface area contributed by atoms with Gasteiger partial charge in [0, 0.05) is 12.6 Å². The molecule has 0 unspecified atom stereocenters. The summed E-state index contributed by atoms with van der Waals surface area (Å²) in [6.45, 7) is 5.30. The Morgan fingerprint density at radius 3 is 2.96 bits per heavy atom. The van der Waals surface area contributed by atoms with E-state index < -0.39 is 30.5 Å². The van der Waals surface area contributed by atoms with Crippen LogP contribution in [0.25, 0.3) is 0 Å². The highest BCUT2D eigenvalue weighted by atomic mass is 16.6. The van der Waals surface area contributed by atoms with Crippen molar-refractivity contribution in [1.82, 2.24) is 10.4 Å². The molecule has 0 radical (unpaired) electrons. The van der Waals surface area contributed by atoms with E-state index in [2.05, 4.69) is 11.6 Å². The van der Waals surface area contributed by atoms with Crippen molar-refractivity contribution in [3.8, 4) is 0 Å². The molecule has 0 spiro atoms. The number of carbonyl (C=O) groups is 1. The first kappa shape index (κ1) is 16.9. The number of hydrogen-bond acceptors (Lipinski definition) is 9. The van der Waals surface area contributed by atoms with Crippen molar-refractivity contribution < 1.29 is 31.1 Å². The van der Waals surface area contributed by atoms with Crippen molar-refractivity contribution in [3.63, 3.8) is 0 Å². The van der Waals surface area contributed by atoms with Gasteiger partial charge in [0.1, 0.15) is 30.7 Å². The standard InChI is InChI=1S/C15H23N3O6/c1-3-4-5-12(19)23-8-10-13(20)14(21)15(24-10)18-7-6-11(17-22)16-9(18)2/h6-7,10,13-15,20-22H,2-5,8H2,1H3,(H,16,17)/t10-,13-,14-,15-/m1/s1/i15D. The van der Waals surface area contributed by atoms with Crippen LogP contribution in [0.1, 0.15) is 27.6 Å². The number of unbranched alkanes of at least 4 members (excludes halogenated alkanes) is 1. The molecule has 0 bridgehead atoms. The number of rotatable bonds is 6. The van der Waals surface area contributed by atoms with Crippen molar-refractivity contribution >= 4 is 11.8 Å². The molecule has 0 aromatic heterocycles. The largest absolute Gasteiger partial charge is 0.463 e. The molecular formula is C15H23N3O6. The van der Waals surface area contributed by atoms with Crippen LogP contribution >= 0.6 is 0 Å². The third kappa shape index (κ3) is 4.12. The van der Waals surface area contributed by atoms with Gasteiger partial charge in [0.05, 0.1) is 1.37 Å². The molecule has 9 nitrogen and oxygen atoms in total. The van der Waals surface area contributed by atoms with Crippen LogP contribution in [0.2, 0.25) is 0 Å². The number of aliphatic hydroxyl groups excluding tert-OH is 2. The summed E-state index contributed by atoms with van der Waals surface area (Å²) < 4.78 is 18.9. The van der Waals surface area contributed by atoms with Gasteiger partial charge in [0.25, 0.3) is 0 Å². The molecule has 0 aromatic rings. The number of nitrogens with one attached hydrogen (secondary N) is 1. The lowest BCUT2D eigenvalue weighted by molar-refractivity contribution is -0.150. The SMILES string of the molecule is [2H][C@@]1(N2C=CC(NO)=NC2=C)O[C@H](COC(=O)CCCC)[C@@H](O)[C@H]1O. The van der Waals surface area contributed by atoms with Crippen molar-refractivity contribution in [2.45, 2.75) is 50.7 Å². The second-order valence-electron chi connectivity index (χ2n) is 5.43. The van der Waals surface area contributed by atoms with Gasteiger partial charge in [-0.2, -0.15) is 0 Å². The van der Waals surface area contributed by atoms with Crippen molar-refractivity contribution in [3.05, 3.63) is 24.7 Å². The zero-order valence-electron chi connectivity index (χ0n) is 14.4. The molecule has 24 heavy (non-hydrogen) atoms. The van der Waals surface area contributed by atoms with Crippen molar-refractivity contribution in [1.29, 1.82) is 0 Å². The number of carbonyl (C=O) groups excluding carboxylic acids is 1. The van der Waals surface area contributed by atoms with Crippen LogP contribution < -0.4 is 5.48 Å². The Bertz CT molecular complexity index is 584. The van der Waals surface area contributed by atoms with E-state index >= 15 is 0 Å². The number of amidine groups is 1. The third-order valence-corrected chi connectivity index (χ3v) is 3.63. The normalized spacial score (nSPS) is 33.2. The Kier molecular flexibility index (Phi) is 5.81. The molecular weight excluding hydrogens is 318 g/mol. The van der Waals surface area contributed by atoms with Gasteiger partial charge in [-0.15, -0.1) is 0 Å². The van der Waals surface area contributed by atoms with Crippen LogP contribution in [0.3, 0.4) is 0 Å². The molecule has 2 heterocycles. The average Bonchev–Trinajstić information content (AvgIpc) is 2.82. The molecule has 134 valence electrons. The fraction of sp³-hybridized carbons (Fsp3) is 0.600. The van der Waals surface area contributed by atoms with E-state index in [0.717, 1.165) is 11.3 Å². The minimum atomic E-state index is -2.10. The highest BCUT2D eigenvalue weighted by Crippen LogP contribution is 2.28. The van der Waals surface area contributed by atoms with E-state index in [4.69, 9.17) is 16.1 Å². The molecule has 2 aliphatic rings. The minimum absolute atomic E-state index is 0.0147. The van der Waals surface area contributed by atoms with E-state index in [9.17, 15) is 15.0 Å². The lowest BCUT2D eigenvalue weighted by Gasteiger charge is -2.30. The van der Waals surface area contributed by atoms with Gasteiger partial charge in [0.2, 0.25) is 0 Å². The van der Waals surface area contributed by atoms with Crippen molar-refractivity contribution in [2.75, 3.05) is 6.61 Å². The molecule has 0 saturated carbocycles. The lowest BCUT2D eigenvalue weighted by Crippen LogP contribution is -2.42. The highest BCUT2D eigenvalue weighted by Gasteiger charge is 2.46. The van der Waals surface area contributed by atoms with E-state index in [-0.39, 0.29) is 24.7 Å². The molecule has 4 atom stereocenters. The summed E-state index contributed by atoms with van der Waals surface area (Å²) in [5.74, 6) is -0.319. The molecule has 4 N–H and O–H groups in total. The van der Waals surface area contributed by atoms with Gasteiger partial charge < -0.3 is 24.6 Å². The summed E-state index contributed by atoms with van der Waals surface area (Å²) in [5, 5.41) is 29.2. The van der Waals surface area contributed by atoms with Crippen LogP contribution in [0.15, 0.2) is 29.7 Å². The topological polar surface area (TPSA) is 124 Å². The number of aliphatic imine (C=N–C) groups is 1. The second-order valence-corrected chi connectivity index (χ2v) is 5.43. The summed E-state index contributed by atoms with van der Waals surface area (Å²) in [5.41, 5.74) is 1.84. The fourth-order valence-electron chi connectivity index (χ4n) is 2.27. The predicted molar refractivity (Wildman–Crippen MR) is 83.6 cm³/mol. The molecule has 2 rings (SSSR count). The highest BCUT2D eigenvalue weighted by molar-refractivity contribution is 5.93. The summed E-state index contributed by atoms with van der Waals surface area (Å²) in [6.07, 6.45) is -1.76. The Morgan fingerprint density at radius 1 is 1.58 bits per heavy atom. The van der Waals surface area contributed by atoms with E-state index in [1.54, 1.807) is 0 Å². The first-order chi connectivity index (χ1) is 11.8. The first-order valence-electron chi connectivity index (χ1n) is 8.18. The number of hydroxylamine groups is 1. The smallest absolute Gasteiger partial charge is 0.305 e. The molecule has 1 fully saturated rings. The number of esters is 1. The van der Waals surface area contributed by atoms with E-state index in [0.29, 0.717) is 6.42 Å².